The number of anilines is 1. The first kappa shape index (κ1) is 13.6. The van der Waals surface area contributed by atoms with E-state index in [1.54, 1.807) is 34.8 Å². The molecule has 0 aliphatic carbocycles. The molecule has 0 fully saturated rings. The number of thiazole rings is 1. The van der Waals surface area contributed by atoms with Gasteiger partial charge in [-0.15, -0.1) is 11.3 Å². The Labute approximate surface area is 127 Å². The molecule has 0 aliphatic rings. The van der Waals surface area contributed by atoms with E-state index in [-0.39, 0.29) is 0 Å². The van der Waals surface area contributed by atoms with Gasteiger partial charge >= 0.3 is 0 Å². The fourth-order valence-corrected chi connectivity index (χ4v) is 2.91. The van der Waals surface area contributed by atoms with Gasteiger partial charge in [-0.05, 0) is 24.1 Å². The van der Waals surface area contributed by atoms with Crippen LogP contribution in [0.4, 0.5) is 5.82 Å². The summed E-state index contributed by atoms with van der Waals surface area (Å²) >= 11 is 1.55. The maximum absolute atomic E-state index is 6.21. The summed E-state index contributed by atoms with van der Waals surface area (Å²) in [7, 11) is 3.51. The second-order valence-corrected chi connectivity index (χ2v) is 5.67. The minimum atomic E-state index is 0.629. The quantitative estimate of drug-likeness (QED) is 0.807. The number of benzene rings is 1. The number of ether oxygens (including phenoxy) is 1. The Hall–Kier alpha value is -2.34. The average Bonchev–Trinajstić information content (AvgIpc) is 3.09. The number of aryl methyl sites for hydroxylation is 2. The molecule has 3 aromatic rings. The molecule has 0 amide bonds. The van der Waals surface area contributed by atoms with Gasteiger partial charge in [0.2, 0.25) is 0 Å². The Morgan fingerprint density at radius 2 is 2.14 bits per heavy atom. The predicted octanol–water partition coefficient (Wildman–Crippen LogP) is 3.11. The molecule has 2 N–H and O–H groups in total. The van der Waals surface area contributed by atoms with E-state index in [4.69, 9.17) is 10.5 Å². The van der Waals surface area contributed by atoms with Gasteiger partial charge in [-0.3, -0.25) is 9.67 Å². The minimum absolute atomic E-state index is 0.629. The lowest BCUT2D eigenvalue weighted by Gasteiger charge is -2.08. The highest BCUT2D eigenvalue weighted by Crippen LogP contribution is 2.38. The Morgan fingerprint density at radius 1 is 1.33 bits per heavy atom. The molecule has 108 valence electrons. The molecule has 5 nitrogen and oxygen atoms in total. The number of nitrogens with zero attached hydrogens (tertiary/aromatic N) is 3. The van der Waals surface area contributed by atoms with Gasteiger partial charge in [0.05, 0.1) is 23.1 Å². The summed E-state index contributed by atoms with van der Waals surface area (Å²) in [5.74, 6) is 1.47. The zero-order valence-electron chi connectivity index (χ0n) is 12.1. The second-order valence-electron chi connectivity index (χ2n) is 4.78. The lowest BCUT2D eigenvalue weighted by atomic mass is 10.0. The van der Waals surface area contributed by atoms with Crippen molar-refractivity contribution in [1.29, 1.82) is 0 Å². The van der Waals surface area contributed by atoms with Crippen molar-refractivity contribution in [2.75, 3.05) is 12.8 Å². The number of rotatable bonds is 3. The third-order valence-electron chi connectivity index (χ3n) is 3.45. The number of hydrogen-bond acceptors (Lipinski definition) is 5. The summed E-state index contributed by atoms with van der Waals surface area (Å²) < 4.78 is 7.10. The molecule has 0 saturated carbocycles. The SMILES string of the molecule is COc1cc(-c2c(-c3cncs3)nn(C)c2N)ccc1C. The molecule has 0 bridgehead atoms. The van der Waals surface area contributed by atoms with E-state index in [1.807, 2.05) is 32.2 Å². The number of aromatic nitrogens is 3. The van der Waals surface area contributed by atoms with E-state index < -0.39 is 0 Å². The third-order valence-corrected chi connectivity index (χ3v) is 4.23. The Balaban J connectivity index is 2.23. The van der Waals surface area contributed by atoms with Gasteiger partial charge in [-0.1, -0.05) is 12.1 Å². The van der Waals surface area contributed by atoms with Crippen molar-refractivity contribution in [2.24, 2.45) is 7.05 Å². The molecule has 2 heterocycles. The van der Waals surface area contributed by atoms with Crippen molar-refractivity contribution in [1.82, 2.24) is 14.8 Å². The summed E-state index contributed by atoms with van der Waals surface area (Å²) in [5.41, 5.74) is 11.9. The zero-order chi connectivity index (χ0) is 15.0. The van der Waals surface area contributed by atoms with Crippen LogP contribution in [-0.4, -0.2) is 21.9 Å². The molecule has 2 aromatic heterocycles. The molecule has 0 atom stereocenters. The third kappa shape index (κ3) is 2.27. The van der Waals surface area contributed by atoms with Crippen LogP contribution in [0.15, 0.2) is 29.9 Å². The van der Waals surface area contributed by atoms with Crippen molar-refractivity contribution >= 4 is 17.2 Å². The molecule has 1 aromatic carbocycles. The fraction of sp³-hybridized carbons (Fsp3) is 0.200. The van der Waals surface area contributed by atoms with Crippen molar-refractivity contribution in [3.8, 4) is 27.4 Å². The number of hydrogen-bond donors (Lipinski definition) is 1. The molecule has 0 radical (unpaired) electrons. The van der Waals surface area contributed by atoms with Crippen molar-refractivity contribution in [3.63, 3.8) is 0 Å². The molecule has 0 aliphatic heterocycles. The smallest absolute Gasteiger partial charge is 0.129 e. The highest BCUT2D eigenvalue weighted by molar-refractivity contribution is 7.13. The van der Waals surface area contributed by atoms with Gasteiger partial charge in [-0.25, -0.2) is 0 Å². The predicted molar refractivity (Wildman–Crippen MR) is 85.5 cm³/mol. The highest BCUT2D eigenvalue weighted by atomic mass is 32.1. The first-order valence-corrected chi connectivity index (χ1v) is 7.36. The van der Waals surface area contributed by atoms with Crippen LogP contribution in [0, 0.1) is 6.92 Å². The summed E-state index contributed by atoms with van der Waals surface area (Å²) in [4.78, 5) is 5.12. The highest BCUT2D eigenvalue weighted by Gasteiger charge is 2.19. The van der Waals surface area contributed by atoms with Crippen molar-refractivity contribution in [3.05, 3.63) is 35.5 Å². The average molecular weight is 300 g/mol. The molecule has 0 spiro atoms. The lowest BCUT2D eigenvalue weighted by molar-refractivity contribution is 0.412. The van der Waals surface area contributed by atoms with Crippen LogP contribution >= 0.6 is 11.3 Å². The van der Waals surface area contributed by atoms with E-state index in [9.17, 15) is 0 Å². The van der Waals surface area contributed by atoms with Crippen LogP contribution in [0.3, 0.4) is 0 Å². The monoisotopic (exact) mass is 300 g/mol. The Bertz CT molecular complexity index is 777. The van der Waals surface area contributed by atoms with Gasteiger partial charge in [0.1, 0.15) is 17.3 Å². The Kier molecular flexibility index (Phi) is 3.39. The lowest BCUT2D eigenvalue weighted by Crippen LogP contribution is -1.98. The van der Waals surface area contributed by atoms with Gasteiger partial charge in [0.25, 0.3) is 0 Å². The number of nitrogens with two attached hydrogens (primary N) is 1. The van der Waals surface area contributed by atoms with Crippen LogP contribution in [0.2, 0.25) is 0 Å². The standard InChI is InChI=1S/C15H16N4OS/c1-9-4-5-10(6-11(9)20-3)13-14(12-7-17-8-21-12)18-19(2)15(13)16/h4-8H,16H2,1-3H3. The summed E-state index contributed by atoms with van der Waals surface area (Å²) in [6.45, 7) is 2.01. The van der Waals surface area contributed by atoms with Crippen molar-refractivity contribution in [2.45, 2.75) is 6.92 Å². The molecule has 21 heavy (non-hydrogen) atoms. The second kappa shape index (κ2) is 5.21. The van der Waals surface area contributed by atoms with Gasteiger partial charge in [0, 0.05) is 13.2 Å². The van der Waals surface area contributed by atoms with Gasteiger partial charge in [-0.2, -0.15) is 5.10 Å². The minimum Gasteiger partial charge on any atom is -0.496 e. The van der Waals surface area contributed by atoms with E-state index in [2.05, 4.69) is 10.1 Å². The van der Waals surface area contributed by atoms with Crippen LogP contribution in [-0.2, 0) is 7.05 Å². The number of nitrogen functional groups attached to an aromatic ring is 1. The topological polar surface area (TPSA) is 66.0 Å². The molecular formula is C15H16N4OS. The molecule has 3 rings (SSSR count). The van der Waals surface area contributed by atoms with Crippen LogP contribution in [0.1, 0.15) is 5.56 Å². The van der Waals surface area contributed by atoms with Crippen LogP contribution in [0.5, 0.6) is 5.75 Å². The van der Waals surface area contributed by atoms with E-state index in [0.717, 1.165) is 33.0 Å². The summed E-state index contributed by atoms with van der Waals surface area (Å²) in [5, 5.41) is 4.53. The fourth-order valence-electron chi connectivity index (χ4n) is 2.30. The maximum atomic E-state index is 6.21. The molecule has 0 unspecified atom stereocenters. The number of methoxy groups -OCH3 is 1. The van der Waals surface area contributed by atoms with Crippen LogP contribution < -0.4 is 10.5 Å². The summed E-state index contributed by atoms with van der Waals surface area (Å²) in [6.07, 6.45) is 1.81. The van der Waals surface area contributed by atoms with Crippen LogP contribution in [0.25, 0.3) is 21.7 Å². The molecule has 0 saturated heterocycles. The Morgan fingerprint density at radius 3 is 2.81 bits per heavy atom. The first-order valence-electron chi connectivity index (χ1n) is 6.48. The zero-order valence-corrected chi connectivity index (χ0v) is 12.9. The van der Waals surface area contributed by atoms with E-state index >= 15 is 0 Å². The van der Waals surface area contributed by atoms with Crippen molar-refractivity contribution < 1.29 is 4.74 Å². The van der Waals surface area contributed by atoms with E-state index in [1.165, 1.54) is 0 Å². The van der Waals surface area contributed by atoms with E-state index in [0.29, 0.717) is 5.82 Å². The maximum Gasteiger partial charge on any atom is 0.129 e. The first-order chi connectivity index (χ1) is 10.1. The largest absolute Gasteiger partial charge is 0.496 e. The summed E-state index contributed by atoms with van der Waals surface area (Å²) in [6, 6.07) is 6.06. The normalized spacial score (nSPS) is 10.8. The molecular weight excluding hydrogens is 284 g/mol. The molecule has 6 heteroatoms. The van der Waals surface area contributed by atoms with Gasteiger partial charge in [0.15, 0.2) is 0 Å². The van der Waals surface area contributed by atoms with Gasteiger partial charge < -0.3 is 10.5 Å².